The van der Waals surface area contributed by atoms with Crippen molar-refractivity contribution in [2.75, 3.05) is 18.0 Å². The molecular weight excluding hydrogens is 332 g/mol. The predicted molar refractivity (Wildman–Crippen MR) is 96.2 cm³/mol. The first-order chi connectivity index (χ1) is 12.5. The molecule has 136 valence electrons. The molecule has 4 rings (SSSR count). The third kappa shape index (κ3) is 2.89. The number of carbonyl (C=O) groups excluding carboxylic acids is 1. The normalized spacial score (nSPS) is 17.7. The molecule has 0 aliphatic carbocycles. The number of nitrogens with one attached hydrogen (secondary N) is 1. The summed E-state index contributed by atoms with van der Waals surface area (Å²) in [5, 5.41) is 11.6. The first-order valence-corrected chi connectivity index (χ1v) is 8.75. The molecule has 3 aromatic rings. The molecule has 1 aliphatic rings. The SMILES string of the molecule is Cc1nc2ncnn2c(N2CCCC(NC(=O)c3ccn(C)n3)C2)c1C. The Bertz CT molecular complexity index is 959. The van der Waals surface area contributed by atoms with E-state index in [2.05, 4.69) is 37.3 Å². The fraction of sp³-hybridized carbons (Fsp3) is 0.471. The quantitative estimate of drug-likeness (QED) is 0.750. The zero-order chi connectivity index (χ0) is 18.3. The van der Waals surface area contributed by atoms with E-state index in [4.69, 9.17) is 0 Å². The number of rotatable bonds is 3. The lowest BCUT2D eigenvalue weighted by atomic mass is 10.0. The third-order valence-corrected chi connectivity index (χ3v) is 4.88. The van der Waals surface area contributed by atoms with E-state index >= 15 is 0 Å². The highest BCUT2D eigenvalue weighted by Crippen LogP contribution is 2.25. The molecule has 1 N–H and O–H groups in total. The van der Waals surface area contributed by atoms with Crippen LogP contribution in [0.3, 0.4) is 0 Å². The van der Waals surface area contributed by atoms with Gasteiger partial charge >= 0.3 is 0 Å². The fourth-order valence-corrected chi connectivity index (χ4v) is 3.47. The summed E-state index contributed by atoms with van der Waals surface area (Å²) in [5.41, 5.74) is 2.47. The van der Waals surface area contributed by atoms with Crippen molar-refractivity contribution in [1.29, 1.82) is 0 Å². The van der Waals surface area contributed by atoms with Gasteiger partial charge in [0.05, 0.1) is 0 Å². The van der Waals surface area contributed by atoms with Gasteiger partial charge in [0.25, 0.3) is 11.7 Å². The summed E-state index contributed by atoms with van der Waals surface area (Å²) in [5.74, 6) is 1.47. The zero-order valence-electron chi connectivity index (χ0n) is 15.2. The molecule has 1 atom stereocenters. The van der Waals surface area contributed by atoms with Gasteiger partial charge in [0.2, 0.25) is 0 Å². The summed E-state index contributed by atoms with van der Waals surface area (Å²) in [7, 11) is 1.80. The van der Waals surface area contributed by atoms with Crippen LogP contribution < -0.4 is 10.2 Å². The number of anilines is 1. The molecule has 1 unspecified atom stereocenters. The minimum atomic E-state index is -0.133. The number of aromatic nitrogens is 6. The van der Waals surface area contributed by atoms with E-state index in [0.717, 1.165) is 43.0 Å². The largest absolute Gasteiger partial charge is 0.354 e. The summed E-state index contributed by atoms with van der Waals surface area (Å²) in [4.78, 5) is 23.4. The van der Waals surface area contributed by atoms with Gasteiger partial charge in [0.1, 0.15) is 17.8 Å². The van der Waals surface area contributed by atoms with Crippen LogP contribution in [0.25, 0.3) is 5.78 Å². The Morgan fingerprint density at radius 2 is 2.19 bits per heavy atom. The monoisotopic (exact) mass is 354 g/mol. The van der Waals surface area contributed by atoms with Crippen molar-refractivity contribution in [3.05, 3.63) is 35.5 Å². The van der Waals surface area contributed by atoms with Crippen LogP contribution in [-0.2, 0) is 7.05 Å². The van der Waals surface area contributed by atoms with Gasteiger partial charge in [-0.1, -0.05) is 0 Å². The van der Waals surface area contributed by atoms with Gasteiger partial charge in [0, 0.05) is 43.6 Å². The summed E-state index contributed by atoms with van der Waals surface area (Å²) < 4.78 is 3.41. The number of hydrogen-bond donors (Lipinski definition) is 1. The molecule has 0 spiro atoms. The molecule has 4 heterocycles. The van der Waals surface area contributed by atoms with Crippen LogP contribution in [-0.4, -0.2) is 54.4 Å². The minimum absolute atomic E-state index is 0.0599. The molecular formula is C17H22N8O. The van der Waals surface area contributed by atoms with Crippen molar-refractivity contribution in [2.24, 2.45) is 7.05 Å². The maximum atomic E-state index is 12.4. The van der Waals surface area contributed by atoms with Crippen molar-refractivity contribution in [3.63, 3.8) is 0 Å². The van der Waals surface area contributed by atoms with E-state index < -0.39 is 0 Å². The summed E-state index contributed by atoms with van der Waals surface area (Å²) in [6.07, 6.45) is 5.23. The number of aryl methyl sites for hydroxylation is 2. The van der Waals surface area contributed by atoms with Gasteiger partial charge in [-0.2, -0.15) is 19.7 Å². The second kappa shape index (κ2) is 6.40. The molecule has 1 amide bonds. The highest BCUT2D eigenvalue weighted by Gasteiger charge is 2.26. The Balaban J connectivity index is 1.57. The summed E-state index contributed by atoms with van der Waals surface area (Å²) >= 11 is 0. The average molecular weight is 354 g/mol. The standard InChI is InChI=1S/C17H22N8O/c1-11-12(2)20-17-18-10-19-25(17)16(11)24-7-4-5-13(9-24)21-15(26)14-6-8-23(3)22-14/h6,8,10,13H,4-5,7,9H2,1-3H3,(H,21,26). The minimum Gasteiger partial charge on any atom is -0.354 e. The van der Waals surface area contributed by atoms with Crippen molar-refractivity contribution >= 4 is 17.5 Å². The second-order valence-corrected chi connectivity index (χ2v) is 6.75. The maximum Gasteiger partial charge on any atom is 0.272 e. The first kappa shape index (κ1) is 16.5. The van der Waals surface area contributed by atoms with Gasteiger partial charge in [-0.25, -0.2) is 4.98 Å². The van der Waals surface area contributed by atoms with Crippen LogP contribution >= 0.6 is 0 Å². The number of amides is 1. The molecule has 1 aliphatic heterocycles. The number of hydrogen-bond acceptors (Lipinski definition) is 6. The van der Waals surface area contributed by atoms with Gasteiger partial charge < -0.3 is 10.2 Å². The van der Waals surface area contributed by atoms with Gasteiger partial charge in [-0.05, 0) is 32.8 Å². The Labute approximate surface area is 151 Å². The number of piperidine rings is 1. The zero-order valence-corrected chi connectivity index (χ0v) is 15.2. The lowest BCUT2D eigenvalue weighted by Crippen LogP contribution is -2.48. The van der Waals surface area contributed by atoms with E-state index in [1.165, 1.54) is 6.33 Å². The number of nitrogens with zero attached hydrogens (tertiary/aromatic N) is 7. The topological polar surface area (TPSA) is 93.2 Å². The highest BCUT2D eigenvalue weighted by molar-refractivity contribution is 5.92. The lowest BCUT2D eigenvalue weighted by Gasteiger charge is -2.35. The fourth-order valence-electron chi connectivity index (χ4n) is 3.47. The van der Waals surface area contributed by atoms with Crippen molar-refractivity contribution in [1.82, 2.24) is 34.7 Å². The predicted octanol–water partition coefficient (Wildman–Crippen LogP) is 0.873. The molecule has 0 bridgehead atoms. The smallest absolute Gasteiger partial charge is 0.272 e. The van der Waals surface area contributed by atoms with Crippen molar-refractivity contribution in [2.45, 2.75) is 32.7 Å². The molecule has 3 aromatic heterocycles. The summed E-state index contributed by atoms with van der Waals surface area (Å²) in [6.45, 7) is 5.67. The van der Waals surface area contributed by atoms with Crippen LogP contribution in [0.2, 0.25) is 0 Å². The maximum absolute atomic E-state index is 12.4. The lowest BCUT2D eigenvalue weighted by molar-refractivity contribution is 0.0927. The second-order valence-electron chi connectivity index (χ2n) is 6.75. The van der Waals surface area contributed by atoms with Gasteiger partial charge in [-0.3, -0.25) is 9.48 Å². The van der Waals surface area contributed by atoms with Crippen LogP contribution in [0, 0.1) is 13.8 Å². The molecule has 1 fully saturated rings. The van der Waals surface area contributed by atoms with Crippen molar-refractivity contribution < 1.29 is 4.79 Å². The molecule has 1 saturated heterocycles. The van der Waals surface area contributed by atoms with E-state index in [9.17, 15) is 4.79 Å². The van der Waals surface area contributed by atoms with Crippen LogP contribution in [0.15, 0.2) is 18.6 Å². The number of fused-ring (bicyclic) bond motifs is 1. The van der Waals surface area contributed by atoms with E-state index in [1.807, 2.05) is 6.92 Å². The van der Waals surface area contributed by atoms with E-state index in [1.54, 1.807) is 28.5 Å². The Kier molecular flexibility index (Phi) is 4.06. The van der Waals surface area contributed by atoms with E-state index in [-0.39, 0.29) is 11.9 Å². The molecule has 26 heavy (non-hydrogen) atoms. The Morgan fingerprint density at radius 3 is 2.96 bits per heavy atom. The van der Waals surface area contributed by atoms with Gasteiger partial charge in [0.15, 0.2) is 0 Å². The van der Waals surface area contributed by atoms with Gasteiger partial charge in [-0.15, -0.1) is 0 Å². The molecule has 0 aromatic carbocycles. The van der Waals surface area contributed by atoms with Crippen LogP contribution in [0.1, 0.15) is 34.6 Å². The van der Waals surface area contributed by atoms with Crippen LogP contribution in [0.5, 0.6) is 0 Å². The molecule has 9 nitrogen and oxygen atoms in total. The van der Waals surface area contributed by atoms with E-state index in [0.29, 0.717) is 11.5 Å². The molecule has 0 saturated carbocycles. The third-order valence-electron chi connectivity index (χ3n) is 4.88. The van der Waals surface area contributed by atoms with Crippen LogP contribution in [0.4, 0.5) is 5.82 Å². The Morgan fingerprint density at radius 1 is 1.35 bits per heavy atom. The van der Waals surface area contributed by atoms with Crippen molar-refractivity contribution in [3.8, 4) is 0 Å². The summed E-state index contributed by atoms with van der Waals surface area (Å²) in [6, 6.07) is 1.79. The first-order valence-electron chi connectivity index (χ1n) is 8.75. The molecule has 0 radical (unpaired) electrons. The number of carbonyl (C=O) groups is 1. The highest BCUT2D eigenvalue weighted by atomic mass is 16.2. The molecule has 9 heteroatoms. The average Bonchev–Trinajstić information content (AvgIpc) is 3.25. The Hall–Kier alpha value is -2.97.